The molecule has 2 saturated carbocycles. The predicted molar refractivity (Wildman–Crippen MR) is 75.4 cm³/mol. The third-order valence-corrected chi connectivity index (χ3v) is 8.21. The zero-order valence-electron chi connectivity index (χ0n) is 10.5. The van der Waals surface area contributed by atoms with Crippen LogP contribution in [0.5, 0.6) is 0 Å². The van der Waals surface area contributed by atoms with Crippen LogP contribution in [0.3, 0.4) is 0 Å². The van der Waals surface area contributed by atoms with Gasteiger partial charge < -0.3 is 0 Å². The van der Waals surface area contributed by atoms with Crippen LogP contribution in [0.1, 0.15) is 57.8 Å². The molecule has 0 aromatic carbocycles. The summed E-state index contributed by atoms with van der Waals surface area (Å²) in [5, 5.41) is 0.819. The number of halogens is 1. The molecule has 0 aromatic rings. The van der Waals surface area contributed by atoms with Crippen molar-refractivity contribution in [1.29, 1.82) is 0 Å². The van der Waals surface area contributed by atoms with Gasteiger partial charge in [0.1, 0.15) is 0 Å². The van der Waals surface area contributed by atoms with Gasteiger partial charge in [-0.1, -0.05) is 48.0 Å². The van der Waals surface area contributed by atoms with E-state index in [1.807, 2.05) is 0 Å². The highest BCUT2D eigenvalue weighted by molar-refractivity contribution is 9.09. The molecule has 0 bridgehead atoms. The molecule has 0 N–H and O–H groups in total. The van der Waals surface area contributed by atoms with E-state index in [1.165, 1.54) is 19.3 Å². The number of rotatable bonds is 4. The topological polar surface area (TPSA) is 34.1 Å². The Bertz CT molecular complexity index is 338. The highest BCUT2D eigenvalue weighted by Gasteiger charge is 2.40. The van der Waals surface area contributed by atoms with Gasteiger partial charge in [-0.05, 0) is 31.1 Å². The zero-order chi connectivity index (χ0) is 12.4. The number of hydrogen-bond donors (Lipinski definition) is 0. The van der Waals surface area contributed by atoms with Crippen LogP contribution in [0.25, 0.3) is 0 Å². The molecular formula is C13H23BrO2S. The smallest absolute Gasteiger partial charge is 0.153 e. The fraction of sp³-hybridized carbons (Fsp3) is 1.00. The van der Waals surface area contributed by atoms with E-state index in [0.717, 1.165) is 43.9 Å². The molecule has 2 nitrogen and oxygen atoms in total. The van der Waals surface area contributed by atoms with Crippen LogP contribution in [-0.2, 0) is 9.84 Å². The normalized spacial score (nSPS) is 26.2. The maximum absolute atomic E-state index is 12.5. The first-order valence-corrected chi connectivity index (χ1v) is 9.69. The average Bonchev–Trinajstić information content (AvgIpc) is 2.79. The molecule has 17 heavy (non-hydrogen) atoms. The van der Waals surface area contributed by atoms with Gasteiger partial charge in [-0.2, -0.15) is 0 Å². The highest BCUT2D eigenvalue weighted by atomic mass is 79.9. The van der Waals surface area contributed by atoms with Gasteiger partial charge in [0.2, 0.25) is 0 Å². The number of hydrogen-bond acceptors (Lipinski definition) is 2. The standard InChI is InChI=1S/C13H23BrO2S/c14-10-13(8-4-5-9-13)11-17(15,16)12-6-2-1-3-7-12/h12H,1-11H2. The Kier molecular flexibility index (Phi) is 4.56. The zero-order valence-corrected chi connectivity index (χ0v) is 12.9. The molecule has 100 valence electrons. The Balaban J connectivity index is 2.05. The largest absolute Gasteiger partial charge is 0.229 e. The van der Waals surface area contributed by atoms with Gasteiger partial charge in [-0.25, -0.2) is 8.42 Å². The molecule has 2 fully saturated rings. The Morgan fingerprint density at radius 3 is 2.12 bits per heavy atom. The molecule has 4 heteroatoms. The molecule has 0 amide bonds. The first-order chi connectivity index (χ1) is 8.08. The molecule has 0 atom stereocenters. The predicted octanol–water partition coefficient (Wildman–Crippen LogP) is 3.69. The molecule has 2 aliphatic carbocycles. The summed E-state index contributed by atoms with van der Waals surface area (Å²) in [6, 6.07) is 0. The minimum atomic E-state index is -2.87. The molecule has 2 aliphatic rings. The Labute approximate surface area is 114 Å². The lowest BCUT2D eigenvalue weighted by molar-refractivity contribution is 0.388. The number of alkyl halides is 1. The summed E-state index contributed by atoms with van der Waals surface area (Å²) in [5.41, 5.74) is 0.0519. The van der Waals surface area contributed by atoms with Crippen molar-refractivity contribution in [2.45, 2.75) is 63.0 Å². The van der Waals surface area contributed by atoms with Crippen LogP contribution in [-0.4, -0.2) is 24.8 Å². The van der Waals surface area contributed by atoms with Crippen LogP contribution in [0.4, 0.5) is 0 Å². The van der Waals surface area contributed by atoms with Crippen molar-refractivity contribution in [2.75, 3.05) is 11.1 Å². The first-order valence-electron chi connectivity index (χ1n) is 6.86. The van der Waals surface area contributed by atoms with E-state index in [0.29, 0.717) is 5.75 Å². The molecule has 0 radical (unpaired) electrons. The van der Waals surface area contributed by atoms with E-state index >= 15 is 0 Å². The molecule has 2 rings (SSSR count). The van der Waals surface area contributed by atoms with Gasteiger partial charge in [0.15, 0.2) is 9.84 Å². The van der Waals surface area contributed by atoms with Crippen LogP contribution in [0.15, 0.2) is 0 Å². The van der Waals surface area contributed by atoms with Gasteiger partial charge in [-0.15, -0.1) is 0 Å². The van der Waals surface area contributed by atoms with Gasteiger partial charge >= 0.3 is 0 Å². The molecule has 0 saturated heterocycles. The summed E-state index contributed by atoms with van der Waals surface area (Å²) in [7, 11) is -2.87. The fourth-order valence-electron chi connectivity index (χ4n) is 3.41. The number of sulfone groups is 1. The van der Waals surface area contributed by atoms with Crippen molar-refractivity contribution in [3.63, 3.8) is 0 Å². The van der Waals surface area contributed by atoms with E-state index in [2.05, 4.69) is 15.9 Å². The summed E-state index contributed by atoms with van der Waals surface area (Å²) >= 11 is 3.55. The van der Waals surface area contributed by atoms with E-state index in [4.69, 9.17) is 0 Å². The molecule has 0 unspecified atom stereocenters. The Hall–Kier alpha value is 0.430. The Morgan fingerprint density at radius 2 is 1.59 bits per heavy atom. The van der Waals surface area contributed by atoms with E-state index in [-0.39, 0.29) is 10.7 Å². The van der Waals surface area contributed by atoms with Gasteiger partial charge in [0, 0.05) is 5.33 Å². The lowest BCUT2D eigenvalue weighted by atomic mass is 9.92. The third-order valence-electron chi connectivity index (χ3n) is 4.52. The average molecular weight is 323 g/mol. The van der Waals surface area contributed by atoms with Crippen LogP contribution in [0, 0.1) is 5.41 Å². The van der Waals surface area contributed by atoms with Crippen LogP contribution >= 0.6 is 15.9 Å². The van der Waals surface area contributed by atoms with Crippen molar-refractivity contribution in [3.05, 3.63) is 0 Å². The first kappa shape index (κ1) is 13.9. The van der Waals surface area contributed by atoms with Crippen molar-refractivity contribution in [2.24, 2.45) is 5.41 Å². The van der Waals surface area contributed by atoms with E-state index in [9.17, 15) is 8.42 Å². The summed E-state index contributed by atoms with van der Waals surface area (Å²) < 4.78 is 25.0. The van der Waals surface area contributed by atoms with Gasteiger partial charge in [0.25, 0.3) is 0 Å². The second-order valence-corrected chi connectivity index (χ2v) is 8.75. The molecule has 0 aromatic heterocycles. The minimum Gasteiger partial charge on any atom is -0.229 e. The summed E-state index contributed by atoms with van der Waals surface area (Å²) in [4.78, 5) is 0. The molecule has 0 aliphatic heterocycles. The Morgan fingerprint density at radius 1 is 1.00 bits per heavy atom. The lowest BCUT2D eigenvalue weighted by Gasteiger charge is -2.30. The molecule has 0 heterocycles. The monoisotopic (exact) mass is 322 g/mol. The van der Waals surface area contributed by atoms with Crippen molar-refractivity contribution in [1.82, 2.24) is 0 Å². The maximum atomic E-state index is 12.5. The lowest BCUT2D eigenvalue weighted by Crippen LogP contribution is -2.35. The van der Waals surface area contributed by atoms with E-state index < -0.39 is 9.84 Å². The minimum absolute atomic E-state index is 0.0345. The second-order valence-electron chi connectivity index (χ2n) is 5.91. The molecular weight excluding hydrogens is 300 g/mol. The van der Waals surface area contributed by atoms with Gasteiger partial charge in [0.05, 0.1) is 11.0 Å². The summed E-state index contributed by atoms with van der Waals surface area (Å²) in [6.45, 7) is 0. The van der Waals surface area contributed by atoms with Crippen LogP contribution in [0.2, 0.25) is 0 Å². The van der Waals surface area contributed by atoms with Crippen molar-refractivity contribution < 1.29 is 8.42 Å². The molecule has 0 spiro atoms. The quantitative estimate of drug-likeness (QED) is 0.740. The maximum Gasteiger partial charge on any atom is 0.153 e. The SMILES string of the molecule is O=S(=O)(CC1(CBr)CCCC1)C1CCCCC1. The van der Waals surface area contributed by atoms with Crippen molar-refractivity contribution in [3.8, 4) is 0 Å². The summed E-state index contributed by atoms with van der Waals surface area (Å²) in [5.74, 6) is 0.427. The van der Waals surface area contributed by atoms with Gasteiger partial charge in [-0.3, -0.25) is 0 Å². The highest BCUT2D eigenvalue weighted by Crippen LogP contribution is 2.42. The fourth-order valence-corrected chi connectivity index (χ4v) is 6.96. The summed E-state index contributed by atoms with van der Waals surface area (Å²) in [6.07, 6.45) is 9.80. The van der Waals surface area contributed by atoms with Crippen molar-refractivity contribution >= 4 is 25.8 Å². The third kappa shape index (κ3) is 3.25. The van der Waals surface area contributed by atoms with Crippen LogP contribution < -0.4 is 0 Å². The second kappa shape index (κ2) is 5.60. The van der Waals surface area contributed by atoms with E-state index in [1.54, 1.807) is 0 Å².